The molecule has 0 aliphatic rings. The third-order valence-corrected chi connectivity index (χ3v) is 3.10. The second kappa shape index (κ2) is 7.40. The van der Waals surface area contributed by atoms with Gasteiger partial charge in [-0.05, 0) is 6.07 Å². The van der Waals surface area contributed by atoms with Gasteiger partial charge in [0, 0.05) is 18.3 Å². The largest absolute Gasteiger partial charge is 0.390 e. The molecule has 0 bridgehead atoms. The minimum absolute atomic E-state index is 0.0267. The van der Waals surface area contributed by atoms with Crippen LogP contribution in [0.5, 0.6) is 0 Å². The Balaban J connectivity index is 1.59. The van der Waals surface area contributed by atoms with Gasteiger partial charge in [-0.25, -0.2) is 4.98 Å². The molecule has 0 aliphatic carbocycles. The second-order valence-corrected chi connectivity index (χ2v) is 5.11. The van der Waals surface area contributed by atoms with E-state index in [1.807, 2.05) is 0 Å². The van der Waals surface area contributed by atoms with Crippen LogP contribution in [0.15, 0.2) is 28.9 Å². The highest BCUT2D eigenvalue weighted by Gasteiger charge is 2.08. The molecule has 0 saturated carbocycles. The molecule has 0 unspecified atom stereocenters. The minimum Gasteiger partial charge on any atom is -0.390 e. The number of rotatable bonds is 8. The molecule has 0 radical (unpaired) electrons. The van der Waals surface area contributed by atoms with E-state index in [9.17, 15) is 4.79 Å². The Morgan fingerprint density at radius 2 is 2.24 bits per heavy atom. The summed E-state index contributed by atoms with van der Waals surface area (Å²) in [6.45, 7) is 0.173. The molecular weight excluding hydrogens is 328 g/mol. The zero-order chi connectivity index (χ0) is 17.6. The zero-order valence-electron chi connectivity index (χ0n) is 13.1. The van der Waals surface area contributed by atoms with Crippen LogP contribution < -0.4 is 16.4 Å². The SMILES string of the molecule is NC(=O)Cc1cc(CNc2nccc(Nc3cc(CO)[nH]n3)n2)on1. The molecule has 0 aliphatic heterocycles. The Hall–Kier alpha value is -3.47. The highest BCUT2D eigenvalue weighted by molar-refractivity contribution is 5.76. The van der Waals surface area contributed by atoms with Crippen molar-refractivity contribution in [1.29, 1.82) is 0 Å². The van der Waals surface area contributed by atoms with Gasteiger partial charge in [-0.15, -0.1) is 0 Å². The standard InChI is InChI=1S/C14H16N8O3/c15-11(24)4-8-3-10(25-22-8)6-17-14-16-2-1-12(19-14)18-13-5-9(7-23)20-21-13/h1-3,5,23H,4,6-7H2,(H2,15,24)(H3,16,17,18,19,20,21). The number of H-pyrrole nitrogens is 1. The van der Waals surface area contributed by atoms with Gasteiger partial charge in [0.25, 0.3) is 0 Å². The van der Waals surface area contributed by atoms with Crippen LogP contribution >= 0.6 is 0 Å². The number of hydrogen-bond acceptors (Lipinski definition) is 9. The number of nitrogens with one attached hydrogen (secondary N) is 3. The summed E-state index contributed by atoms with van der Waals surface area (Å²) in [5.41, 5.74) is 6.17. The number of aromatic amines is 1. The Morgan fingerprint density at radius 1 is 1.36 bits per heavy atom. The van der Waals surface area contributed by atoms with Crippen LogP contribution in [0.25, 0.3) is 0 Å². The lowest BCUT2D eigenvalue weighted by atomic mass is 10.3. The number of aliphatic hydroxyl groups excluding tert-OH is 1. The molecule has 6 N–H and O–H groups in total. The summed E-state index contributed by atoms with van der Waals surface area (Å²) in [4.78, 5) is 19.2. The van der Waals surface area contributed by atoms with E-state index in [1.165, 1.54) is 0 Å². The molecule has 0 atom stereocenters. The van der Waals surface area contributed by atoms with Gasteiger partial charge in [-0.1, -0.05) is 5.16 Å². The lowest BCUT2D eigenvalue weighted by Crippen LogP contribution is -2.13. The number of carbonyl (C=O) groups excluding carboxylic acids is 1. The summed E-state index contributed by atoms with van der Waals surface area (Å²) in [5.74, 6) is 1.48. The molecule has 11 nitrogen and oxygen atoms in total. The Morgan fingerprint density at radius 3 is 3.00 bits per heavy atom. The van der Waals surface area contributed by atoms with Crippen molar-refractivity contribution in [2.24, 2.45) is 5.73 Å². The van der Waals surface area contributed by atoms with Crippen LogP contribution in [0.2, 0.25) is 0 Å². The lowest BCUT2D eigenvalue weighted by Gasteiger charge is -2.05. The number of aliphatic hydroxyl groups is 1. The highest BCUT2D eigenvalue weighted by atomic mass is 16.5. The van der Waals surface area contributed by atoms with Crippen molar-refractivity contribution in [3.63, 3.8) is 0 Å². The summed E-state index contributed by atoms with van der Waals surface area (Å²) in [6, 6.07) is 4.99. The zero-order valence-corrected chi connectivity index (χ0v) is 13.1. The van der Waals surface area contributed by atoms with E-state index in [2.05, 4.69) is 36.0 Å². The molecule has 3 rings (SSSR count). The summed E-state index contributed by atoms with van der Waals surface area (Å²) < 4.78 is 5.10. The first-order chi connectivity index (χ1) is 12.1. The molecule has 0 aromatic carbocycles. The molecule has 3 heterocycles. The first kappa shape index (κ1) is 16.4. The monoisotopic (exact) mass is 344 g/mol. The number of amides is 1. The van der Waals surface area contributed by atoms with Crippen LogP contribution in [-0.2, 0) is 24.4 Å². The van der Waals surface area contributed by atoms with Gasteiger partial charge in [0.2, 0.25) is 11.9 Å². The summed E-state index contributed by atoms with van der Waals surface area (Å²) in [5, 5.41) is 25.4. The summed E-state index contributed by atoms with van der Waals surface area (Å²) in [7, 11) is 0. The third-order valence-electron chi connectivity index (χ3n) is 3.10. The van der Waals surface area contributed by atoms with Gasteiger partial charge >= 0.3 is 0 Å². The number of primary amides is 1. The summed E-state index contributed by atoms with van der Waals surface area (Å²) >= 11 is 0. The maximum absolute atomic E-state index is 10.8. The predicted octanol–water partition coefficient (Wildman–Crippen LogP) is 0.0635. The number of nitrogens with two attached hydrogens (primary N) is 1. The van der Waals surface area contributed by atoms with Gasteiger partial charge in [-0.3, -0.25) is 9.89 Å². The van der Waals surface area contributed by atoms with Crippen molar-refractivity contribution in [1.82, 2.24) is 25.3 Å². The van der Waals surface area contributed by atoms with Crippen molar-refractivity contribution < 1.29 is 14.4 Å². The molecule has 3 aromatic rings. The maximum Gasteiger partial charge on any atom is 0.224 e. The van der Waals surface area contributed by atoms with E-state index < -0.39 is 5.91 Å². The number of anilines is 3. The van der Waals surface area contributed by atoms with E-state index in [4.69, 9.17) is 15.4 Å². The lowest BCUT2D eigenvalue weighted by molar-refractivity contribution is -0.117. The third kappa shape index (κ3) is 4.51. The number of nitrogens with zero attached hydrogens (tertiary/aromatic N) is 4. The fraction of sp³-hybridized carbons (Fsp3) is 0.214. The van der Waals surface area contributed by atoms with Gasteiger partial charge in [0.15, 0.2) is 11.6 Å². The van der Waals surface area contributed by atoms with Crippen molar-refractivity contribution in [2.75, 3.05) is 10.6 Å². The molecule has 25 heavy (non-hydrogen) atoms. The van der Waals surface area contributed by atoms with Gasteiger partial charge in [0.05, 0.1) is 31.0 Å². The Bertz CT molecular complexity index is 859. The average Bonchev–Trinajstić information content (AvgIpc) is 3.22. The molecule has 3 aromatic heterocycles. The normalized spacial score (nSPS) is 10.6. The van der Waals surface area contributed by atoms with E-state index in [1.54, 1.807) is 24.4 Å². The summed E-state index contributed by atoms with van der Waals surface area (Å²) in [6.07, 6.45) is 1.61. The van der Waals surface area contributed by atoms with Crippen LogP contribution in [0.4, 0.5) is 17.6 Å². The fourth-order valence-corrected chi connectivity index (χ4v) is 2.02. The van der Waals surface area contributed by atoms with Crippen LogP contribution in [0.1, 0.15) is 17.1 Å². The van der Waals surface area contributed by atoms with Gasteiger partial charge < -0.3 is 26.0 Å². The van der Waals surface area contributed by atoms with Crippen molar-refractivity contribution in [3.05, 3.63) is 41.5 Å². The molecule has 0 saturated heterocycles. The number of carbonyl (C=O) groups is 1. The Labute approximate surface area is 141 Å². The smallest absolute Gasteiger partial charge is 0.224 e. The molecule has 0 spiro atoms. The molecule has 0 fully saturated rings. The van der Waals surface area contributed by atoms with E-state index in [0.29, 0.717) is 41.3 Å². The van der Waals surface area contributed by atoms with Crippen molar-refractivity contribution in [3.8, 4) is 0 Å². The second-order valence-electron chi connectivity index (χ2n) is 5.11. The quantitative estimate of drug-likeness (QED) is 0.379. The number of hydrogen-bond donors (Lipinski definition) is 5. The van der Waals surface area contributed by atoms with Crippen molar-refractivity contribution >= 4 is 23.5 Å². The Kier molecular flexibility index (Phi) is 4.85. The fourth-order valence-electron chi connectivity index (χ4n) is 2.02. The molecular formula is C14H16N8O3. The van der Waals surface area contributed by atoms with Gasteiger partial charge in [-0.2, -0.15) is 10.1 Å². The van der Waals surface area contributed by atoms with Crippen LogP contribution in [-0.4, -0.2) is 36.3 Å². The molecule has 130 valence electrons. The number of aromatic nitrogens is 5. The minimum atomic E-state index is -0.474. The van der Waals surface area contributed by atoms with Gasteiger partial charge in [0.1, 0.15) is 5.82 Å². The van der Waals surface area contributed by atoms with Crippen molar-refractivity contribution in [2.45, 2.75) is 19.6 Å². The molecule has 1 amide bonds. The topological polar surface area (TPSA) is 168 Å². The highest BCUT2D eigenvalue weighted by Crippen LogP contribution is 2.14. The predicted molar refractivity (Wildman–Crippen MR) is 86.6 cm³/mol. The van der Waals surface area contributed by atoms with Crippen LogP contribution in [0.3, 0.4) is 0 Å². The van der Waals surface area contributed by atoms with E-state index >= 15 is 0 Å². The van der Waals surface area contributed by atoms with Crippen LogP contribution in [0, 0.1) is 0 Å². The molecule has 11 heteroatoms. The average molecular weight is 344 g/mol. The van der Waals surface area contributed by atoms with E-state index in [0.717, 1.165) is 0 Å². The maximum atomic E-state index is 10.8. The first-order valence-electron chi connectivity index (χ1n) is 7.34. The first-order valence-corrected chi connectivity index (χ1v) is 7.34. The van der Waals surface area contributed by atoms with E-state index in [-0.39, 0.29) is 13.0 Å².